The third kappa shape index (κ3) is 2.70. The first kappa shape index (κ1) is 13.1. The highest BCUT2D eigenvalue weighted by Gasteiger charge is 2.24. The van der Waals surface area contributed by atoms with Gasteiger partial charge in [0.1, 0.15) is 0 Å². The molecule has 1 aromatic carbocycles. The van der Waals surface area contributed by atoms with Gasteiger partial charge in [-0.1, -0.05) is 34.1 Å². The molecule has 0 saturated carbocycles. The number of rotatable bonds is 2. The van der Waals surface area contributed by atoms with Crippen LogP contribution in [0.15, 0.2) is 30.3 Å². The SMILES string of the molecule is O=C(c1cc2ccccc2s1)N1CCC(CBr)CC1. The van der Waals surface area contributed by atoms with Gasteiger partial charge < -0.3 is 4.90 Å². The predicted octanol–water partition coefficient (Wildman–Crippen LogP) is 4.15. The lowest BCUT2D eigenvalue weighted by Crippen LogP contribution is -2.38. The molecule has 2 heterocycles. The number of carbonyl (C=O) groups excluding carboxylic acids is 1. The second kappa shape index (κ2) is 5.63. The molecule has 0 radical (unpaired) electrons. The lowest BCUT2D eigenvalue weighted by molar-refractivity contribution is 0.0704. The molecule has 3 rings (SSSR count). The van der Waals surface area contributed by atoms with Crippen LogP contribution in [-0.2, 0) is 0 Å². The number of carbonyl (C=O) groups is 1. The van der Waals surface area contributed by atoms with Crippen LogP contribution in [0.25, 0.3) is 10.1 Å². The Balaban J connectivity index is 1.77. The van der Waals surface area contributed by atoms with Crippen molar-refractivity contribution in [3.05, 3.63) is 35.2 Å². The minimum atomic E-state index is 0.203. The molecule has 1 aromatic heterocycles. The summed E-state index contributed by atoms with van der Waals surface area (Å²) in [6.45, 7) is 1.78. The van der Waals surface area contributed by atoms with E-state index in [-0.39, 0.29) is 5.91 Å². The summed E-state index contributed by atoms with van der Waals surface area (Å²) in [6.07, 6.45) is 2.23. The number of benzene rings is 1. The van der Waals surface area contributed by atoms with E-state index < -0.39 is 0 Å². The van der Waals surface area contributed by atoms with E-state index in [0.717, 1.165) is 42.1 Å². The molecule has 1 aliphatic rings. The van der Waals surface area contributed by atoms with Crippen LogP contribution in [0.3, 0.4) is 0 Å². The third-order valence-electron chi connectivity index (χ3n) is 3.76. The number of nitrogens with zero attached hydrogens (tertiary/aromatic N) is 1. The van der Waals surface area contributed by atoms with Crippen molar-refractivity contribution in [2.75, 3.05) is 18.4 Å². The van der Waals surface area contributed by atoms with Crippen molar-refractivity contribution >= 4 is 43.3 Å². The first-order valence-electron chi connectivity index (χ1n) is 6.62. The second-order valence-electron chi connectivity index (χ2n) is 5.04. The highest BCUT2D eigenvalue weighted by Crippen LogP contribution is 2.28. The fourth-order valence-electron chi connectivity index (χ4n) is 2.53. The summed E-state index contributed by atoms with van der Waals surface area (Å²) in [5, 5.41) is 2.23. The van der Waals surface area contributed by atoms with E-state index >= 15 is 0 Å². The van der Waals surface area contributed by atoms with E-state index in [9.17, 15) is 4.79 Å². The molecule has 0 bridgehead atoms. The maximum Gasteiger partial charge on any atom is 0.263 e. The number of halogens is 1. The van der Waals surface area contributed by atoms with E-state index in [1.807, 2.05) is 23.1 Å². The van der Waals surface area contributed by atoms with Gasteiger partial charge in [0.25, 0.3) is 5.91 Å². The summed E-state index contributed by atoms with van der Waals surface area (Å²) >= 11 is 5.14. The number of hydrogen-bond acceptors (Lipinski definition) is 2. The first-order valence-corrected chi connectivity index (χ1v) is 8.55. The topological polar surface area (TPSA) is 20.3 Å². The van der Waals surface area contributed by atoms with Crippen LogP contribution in [0.1, 0.15) is 22.5 Å². The van der Waals surface area contributed by atoms with Crippen molar-refractivity contribution in [2.45, 2.75) is 12.8 Å². The van der Waals surface area contributed by atoms with Crippen molar-refractivity contribution in [1.29, 1.82) is 0 Å². The predicted molar refractivity (Wildman–Crippen MR) is 84.2 cm³/mol. The Morgan fingerprint density at radius 3 is 2.74 bits per heavy atom. The molecule has 2 nitrogen and oxygen atoms in total. The van der Waals surface area contributed by atoms with E-state index in [1.165, 1.54) is 10.1 Å². The van der Waals surface area contributed by atoms with Gasteiger partial charge in [-0.05, 0) is 36.3 Å². The van der Waals surface area contributed by atoms with E-state index in [0.29, 0.717) is 0 Å². The van der Waals surface area contributed by atoms with Gasteiger partial charge in [-0.15, -0.1) is 11.3 Å². The molecule has 2 aromatic rings. The number of amides is 1. The maximum absolute atomic E-state index is 12.5. The van der Waals surface area contributed by atoms with E-state index in [4.69, 9.17) is 0 Å². The summed E-state index contributed by atoms with van der Waals surface area (Å²) in [6, 6.07) is 10.2. The van der Waals surface area contributed by atoms with E-state index in [2.05, 4.69) is 28.1 Å². The average Bonchev–Trinajstić information content (AvgIpc) is 2.90. The lowest BCUT2D eigenvalue weighted by Gasteiger charge is -2.30. The van der Waals surface area contributed by atoms with Gasteiger partial charge in [-0.2, -0.15) is 0 Å². The van der Waals surface area contributed by atoms with Gasteiger partial charge in [0.2, 0.25) is 0 Å². The molecule has 0 N–H and O–H groups in total. The number of alkyl halides is 1. The molecule has 4 heteroatoms. The van der Waals surface area contributed by atoms with Gasteiger partial charge in [0, 0.05) is 23.1 Å². The van der Waals surface area contributed by atoms with Gasteiger partial charge in [0.05, 0.1) is 4.88 Å². The molecule has 1 saturated heterocycles. The monoisotopic (exact) mass is 337 g/mol. The molecule has 19 heavy (non-hydrogen) atoms. The number of thiophene rings is 1. The Morgan fingerprint density at radius 1 is 1.32 bits per heavy atom. The molecule has 0 spiro atoms. The summed E-state index contributed by atoms with van der Waals surface area (Å²) in [4.78, 5) is 15.4. The van der Waals surface area contributed by atoms with Crippen LogP contribution in [-0.4, -0.2) is 29.2 Å². The number of fused-ring (bicyclic) bond motifs is 1. The molecule has 0 aliphatic carbocycles. The molecule has 1 aliphatic heterocycles. The van der Waals surface area contributed by atoms with E-state index in [1.54, 1.807) is 11.3 Å². The van der Waals surface area contributed by atoms with Crippen molar-refractivity contribution in [3.8, 4) is 0 Å². The number of likely N-dealkylation sites (tertiary alicyclic amines) is 1. The molecule has 1 amide bonds. The van der Waals surface area contributed by atoms with Crippen molar-refractivity contribution < 1.29 is 4.79 Å². The smallest absolute Gasteiger partial charge is 0.263 e. The number of hydrogen-bond donors (Lipinski definition) is 0. The average molecular weight is 338 g/mol. The normalized spacial score (nSPS) is 17.0. The molecular weight excluding hydrogens is 322 g/mol. The molecule has 0 atom stereocenters. The first-order chi connectivity index (χ1) is 9.28. The Bertz CT molecular complexity index is 554. The van der Waals surface area contributed by atoms with Gasteiger partial charge >= 0.3 is 0 Å². The third-order valence-corrected chi connectivity index (χ3v) is 5.78. The van der Waals surface area contributed by atoms with Crippen LogP contribution in [0, 0.1) is 5.92 Å². The molecule has 1 fully saturated rings. The summed E-state index contributed by atoms with van der Waals surface area (Å²) in [7, 11) is 0. The minimum Gasteiger partial charge on any atom is -0.338 e. The van der Waals surface area contributed by atoms with Crippen LogP contribution < -0.4 is 0 Å². The summed E-state index contributed by atoms with van der Waals surface area (Å²) < 4.78 is 1.20. The zero-order valence-corrected chi connectivity index (χ0v) is 13.0. The second-order valence-corrected chi connectivity index (χ2v) is 6.77. The van der Waals surface area contributed by atoms with Crippen LogP contribution in [0.2, 0.25) is 0 Å². The fourth-order valence-corrected chi connectivity index (χ4v) is 4.21. The molecule has 0 unspecified atom stereocenters. The van der Waals surface area contributed by atoms with Crippen molar-refractivity contribution in [1.82, 2.24) is 4.90 Å². The highest BCUT2D eigenvalue weighted by atomic mass is 79.9. The summed E-state index contributed by atoms with van der Waals surface area (Å²) in [5.74, 6) is 0.931. The Labute approximate surface area is 125 Å². The quantitative estimate of drug-likeness (QED) is 0.754. The van der Waals surface area contributed by atoms with Gasteiger partial charge in [-0.3, -0.25) is 4.79 Å². The standard InChI is InChI=1S/C15H16BrNOS/c16-10-11-5-7-17(8-6-11)15(18)14-9-12-3-1-2-4-13(12)19-14/h1-4,9,11H,5-8,10H2. The Morgan fingerprint density at radius 2 is 2.05 bits per heavy atom. The zero-order valence-electron chi connectivity index (χ0n) is 10.6. The minimum absolute atomic E-state index is 0.203. The van der Waals surface area contributed by atoms with Crippen LogP contribution in [0.4, 0.5) is 0 Å². The Kier molecular flexibility index (Phi) is 3.89. The van der Waals surface area contributed by atoms with Crippen molar-refractivity contribution in [2.24, 2.45) is 5.92 Å². The molecular formula is C15H16BrNOS. The lowest BCUT2D eigenvalue weighted by atomic mass is 9.99. The fraction of sp³-hybridized carbons (Fsp3) is 0.400. The largest absolute Gasteiger partial charge is 0.338 e. The summed E-state index contributed by atoms with van der Waals surface area (Å²) in [5.41, 5.74) is 0. The number of piperidine rings is 1. The van der Waals surface area contributed by atoms with Gasteiger partial charge in [-0.25, -0.2) is 0 Å². The Hall–Kier alpha value is -0.870. The highest BCUT2D eigenvalue weighted by molar-refractivity contribution is 9.09. The maximum atomic E-state index is 12.5. The zero-order chi connectivity index (χ0) is 13.2. The van der Waals surface area contributed by atoms with Gasteiger partial charge in [0.15, 0.2) is 0 Å². The van der Waals surface area contributed by atoms with Crippen LogP contribution >= 0.6 is 27.3 Å². The van der Waals surface area contributed by atoms with Crippen molar-refractivity contribution in [3.63, 3.8) is 0 Å². The van der Waals surface area contributed by atoms with Crippen LogP contribution in [0.5, 0.6) is 0 Å². The molecule has 100 valence electrons.